The Kier molecular flexibility index (Phi) is 9.73. The first-order chi connectivity index (χ1) is 9.83. The predicted octanol–water partition coefficient (Wildman–Crippen LogP) is 5.90. The maximum Gasteiger partial charge on any atom is 0.0913 e. The maximum atomic E-state index is 5.63. The van der Waals surface area contributed by atoms with Crippen molar-refractivity contribution in [3.63, 3.8) is 0 Å². The molecule has 1 rings (SSSR count). The van der Waals surface area contributed by atoms with Crippen LogP contribution in [0.5, 0.6) is 0 Å². The van der Waals surface area contributed by atoms with Crippen LogP contribution in [0.15, 0.2) is 42.2 Å². The molecular formula is C19H30O. The van der Waals surface area contributed by atoms with E-state index in [9.17, 15) is 0 Å². The summed E-state index contributed by atoms with van der Waals surface area (Å²) in [7, 11) is 0. The quantitative estimate of drug-likeness (QED) is 0.360. The molecule has 0 fully saturated rings. The van der Waals surface area contributed by atoms with Gasteiger partial charge in [0, 0.05) is 6.42 Å². The Hall–Kier alpha value is -1.24. The van der Waals surface area contributed by atoms with Gasteiger partial charge in [-0.05, 0) is 30.9 Å². The fourth-order valence-electron chi connectivity index (χ4n) is 2.27. The van der Waals surface area contributed by atoms with Gasteiger partial charge in [0.25, 0.3) is 0 Å². The summed E-state index contributed by atoms with van der Waals surface area (Å²) < 4.78 is 5.63. The second kappa shape index (κ2) is 11.6. The van der Waals surface area contributed by atoms with E-state index in [1.165, 1.54) is 56.1 Å². The Labute approximate surface area is 125 Å². The lowest BCUT2D eigenvalue weighted by molar-refractivity contribution is 0.249. The number of rotatable bonds is 11. The highest BCUT2D eigenvalue weighted by atomic mass is 16.5. The molecule has 0 saturated carbocycles. The van der Waals surface area contributed by atoms with E-state index < -0.39 is 0 Å². The topological polar surface area (TPSA) is 9.23 Å². The summed E-state index contributed by atoms with van der Waals surface area (Å²) in [6.45, 7) is 5.21. The van der Waals surface area contributed by atoms with Crippen LogP contribution in [0.4, 0.5) is 0 Å². The van der Waals surface area contributed by atoms with E-state index in [0.29, 0.717) is 0 Å². The minimum atomic E-state index is 0.776. The molecule has 1 nitrogen and oxygen atoms in total. The molecule has 0 saturated heterocycles. The smallest absolute Gasteiger partial charge is 0.0913 e. The highest BCUT2D eigenvalue weighted by Gasteiger charge is 1.94. The Morgan fingerprint density at radius 1 is 1.00 bits per heavy atom. The first-order valence-corrected chi connectivity index (χ1v) is 8.14. The molecule has 0 unspecified atom stereocenters. The van der Waals surface area contributed by atoms with Crippen molar-refractivity contribution in [3.05, 3.63) is 47.7 Å². The molecule has 0 heterocycles. The zero-order valence-electron chi connectivity index (χ0n) is 13.2. The van der Waals surface area contributed by atoms with Gasteiger partial charge in [0.05, 0.1) is 12.9 Å². The summed E-state index contributed by atoms with van der Waals surface area (Å²) in [5.74, 6) is 0. The van der Waals surface area contributed by atoms with E-state index in [4.69, 9.17) is 4.74 Å². The molecule has 112 valence electrons. The normalized spacial score (nSPS) is 11.6. The van der Waals surface area contributed by atoms with Crippen molar-refractivity contribution in [1.29, 1.82) is 0 Å². The predicted molar refractivity (Wildman–Crippen MR) is 87.8 cm³/mol. The Bertz CT molecular complexity index is 353. The van der Waals surface area contributed by atoms with Crippen molar-refractivity contribution in [2.45, 2.75) is 65.2 Å². The van der Waals surface area contributed by atoms with Gasteiger partial charge in [-0.3, -0.25) is 0 Å². The number of hydrogen-bond donors (Lipinski definition) is 0. The van der Waals surface area contributed by atoms with Crippen molar-refractivity contribution in [2.75, 3.05) is 6.61 Å². The number of benzene rings is 1. The molecule has 0 aromatic heterocycles. The molecule has 0 aliphatic carbocycles. The van der Waals surface area contributed by atoms with Gasteiger partial charge in [-0.1, -0.05) is 69.4 Å². The summed E-state index contributed by atoms with van der Waals surface area (Å²) in [5, 5.41) is 0. The van der Waals surface area contributed by atoms with Crippen LogP contribution in [0.3, 0.4) is 0 Å². The number of allylic oxidation sites excluding steroid dienone is 1. The molecule has 0 bridgehead atoms. The summed E-state index contributed by atoms with van der Waals surface area (Å²) in [6, 6.07) is 10.5. The van der Waals surface area contributed by atoms with Crippen molar-refractivity contribution < 1.29 is 4.74 Å². The minimum Gasteiger partial charge on any atom is -0.501 e. The average Bonchev–Trinajstić information content (AvgIpc) is 2.48. The van der Waals surface area contributed by atoms with Crippen LogP contribution in [0.2, 0.25) is 0 Å². The molecule has 0 aliphatic rings. The van der Waals surface area contributed by atoms with E-state index >= 15 is 0 Å². The molecule has 0 N–H and O–H groups in total. The molecule has 0 aliphatic heterocycles. The van der Waals surface area contributed by atoms with Crippen LogP contribution in [0.25, 0.3) is 0 Å². The van der Waals surface area contributed by atoms with Crippen LogP contribution in [-0.4, -0.2) is 6.61 Å². The molecule has 1 heteroatoms. The average molecular weight is 274 g/mol. The van der Waals surface area contributed by atoms with E-state index in [2.05, 4.69) is 44.2 Å². The molecule has 0 spiro atoms. The lowest BCUT2D eigenvalue weighted by Crippen LogP contribution is -1.94. The van der Waals surface area contributed by atoms with E-state index in [0.717, 1.165) is 13.0 Å². The molecule has 20 heavy (non-hydrogen) atoms. The minimum absolute atomic E-state index is 0.776. The lowest BCUT2D eigenvalue weighted by atomic mass is 10.1. The molecule has 1 aromatic carbocycles. The van der Waals surface area contributed by atoms with E-state index in [1.54, 1.807) is 0 Å². The van der Waals surface area contributed by atoms with E-state index in [1.807, 2.05) is 6.26 Å². The van der Waals surface area contributed by atoms with Crippen LogP contribution < -0.4 is 0 Å². The van der Waals surface area contributed by atoms with Crippen LogP contribution in [-0.2, 0) is 11.2 Å². The van der Waals surface area contributed by atoms with Crippen molar-refractivity contribution in [2.24, 2.45) is 0 Å². The molecule has 1 aromatic rings. The first-order valence-electron chi connectivity index (χ1n) is 8.14. The molecular weight excluding hydrogens is 244 g/mol. The summed E-state index contributed by atoms with van der Waals surface area (Å²) in [6.07, 6.45) is 12.3. The number of unbranched alkanes of at least 4 members (excludes halogenated alkanes) is 5. The van der Waals surface area contributed by atoms with Gasteiger partial charge in [-0.2, -0.15) is 0 Å². The standard InChI is InChI=1S/C19H30O/c1-3-4-5-6-7-9-12-18(2)17-20-16-15-19-13-10-8-11-14-19/h8,10-11,13-14,17H,3-7,9,12,15-16H2,1-2H3/b18-17+. The van der Waals surface area contributed by atoms with Gasteiger partial charge in [-0.15, -0.1) is 0 Å². The Morgan fingerprint density at radius 3 is 2.45 bits per heavy atom. The van der Waals surface area contributed by atoms with Crippen molar-refractivity contribution in [3.8, 4) is 0 Å². The summed E-state index contributed by atoms with van der Waals surface area (Å²) in [5.41, 5.74) is 2.71. The van der Waals surface area contributed by atoms with Gasteiger partial charge in [-0.25, -0.2) is 0 Å². The van der Waals surface area contributed by atoms with Crippen LogP contribution in [0, 0.1) is 0 Å². The Morgan fingerprint density at radius 2 is 1.70 bits per heavy atom. The van der Waals surface area contributed by atoms with Gasteiger partial charge < -0.3 is 4.74 Å². The monoisotopic (exact) mass is 274 g/mol. The third-order valence-electron chi connectivity index (χ3n) is 3.56. The Balaban J connectivity index is 2.01. The third-order valence-corrected chi connectivity index (χ3v) is 3.56. The highest BCUT2D eigenvalue weighted by Crippen LogP contribution is 2.11. The molecule has 0 amide bonds. The van der Waals surface area contributed by atoms with Gasteiger partial charge in [0.2, 0.25) is 0 Å². The second-order valence-electron chi connectivity index (χ2n) is 5.59. The van der Waals surface area contributed by atoms with Crippen molar-refractivity contribution >= 4 is 0 Å². The lowest BCUT2D eigenvalue weighted by Gasteiger charge is -2.05. The largest absolute Gasteiger partial charge is 0.501 e. The molecule has 0 radical (unpaired) electrons. The van der Waals surface area contributed by atoms with Crippen LogP contribution >= 0.6 is 0 Å². The van der Waals surface area contributed by atoms with E-state index in [-0.39, 0.29) is 0 Å². The third kappa shape index (κ3) is 8.79. The number of ether oxygens (including phenoxy) is 1. The highest BCUT2D eigenvalue weighted by molar-refractivity contribution is 5.14. The van der Waals surface area contributed by atoms with Gasteiger partial charge in [0.1, 0.15) is 0 Å². The SMILES string of the molecule is CCCCCCCC/C(C)=C/OCCc1ccccc1. The zero-order chi connectivity index (χ0) is 14.5. The summed E-state index contributed by atoms with van der Waals surface area (Å²) in [4.78, 5) is 0. The van der Waals surface area contributed by atoms with Gasteiger partial charge in [0.15, 0.2) is 0 Å². The zero-order valence-corrected chi connectivity index (χ0v) is 13.2. The van der Waals surface area contributed by atoms with Crippen molar-refractivity contribution in [1.82, 2.24) is 0 Å². The second-order valence-corrected chi connectivity index (χ2v) is 5.59. The fourth-order valence-corrected chi connectivity index (χ4v) is 2.27. The first kappa shape index (κ1) is 16.8. The number of hydrogen-bond acceptors (Lipinski definition) is 1. The van der Waals surface area contributed by atoms with Crippen LogP contribution in [0.1, 0.15) is 64.4 Å². The van der Waals surface area contributed by atoms with Gasteiger partial charge >= 0.3 is 0 Å². The summed E-state index contributed by atoms with van der Waals surface area (Å²) >= 11 is 0. The fraction of sp³-hybridized carbons (Fsp3) is 0.579. The maximum absolute atomic E-state index is 5.63. The molecule has 0 atom stereocenters.